The lowest BCUT2D eigenvalue weighted by Gasteiger charge is -2.30. The van der Waals surface area contributed by atoms with Gasteiger partial charge in [0.1, 0.15) is 6.04 Å². The zero-order valence-corrected chi connectivity index (χ0v) is 16.3. The van der Waals surface area contributed by atoms with Crippen LogP contribution in [0.1, 0.15) is 53.9 Å². The minimum absolute atomic E-state index is 0.0290. The van der Waals surface area contributed by atoms with Gasteiger partial charge in [0.15, 0.2) is 0 Å². The Labute approximate surface area is 169 Å². The Kier molecular flexibility index (Phi) is 5.34. The second-order valence-electron chi connectivity index (χ2n) is 7.63. The number of rotatable bonds is 6. The number of esters is 1. The van der Waals surface area contributed by atoms with Crippen LogP contribution in [-0.4, -0.2) is 34.8 Å². The molecule has 0 aliphatic carbocycles. The summed E-state index contributed by atoms with van der Waals surface area (Å²) in [5.74, 6) is -0.825. The summed E-state index contributed by atoms with van der Waals surface area (Å²) in [5.41, 5.74) is 2.32. The highest BCUT2D eigenvalue weighted by molar-refractivity contribution is 5.96. The average molecular weight is 392 g/mol. The lowest BCUT2D eigenvalue weighted by Crippen LogP contribution is -2.48. The highest BCUT2D eigenvalue weighted by Crippen LogP contribution is 2.38. The molecule has 29 heavy (non-hydrogen) atoms. The molecule has 2 aliphatic rings. The van der Waals surface area contributed by atoms with Crippen molar-refractivity contribution in [1.29, 1.82) is 0 Å². The average Bonchev–Trinajstić information content (AvgIpc) is 3.27. The molecule has 0 unspecified atom stereocenters. The van der Waals surface area contributed by atoms with Crippen LogP contribution in [0.15, 0.2) is 54.6 Å². The Morgan fingerprint density at radius 1 is 1.14 bits per heavy atom. The quantitative estimate of drug-likeness (QED) is 0.767. The number of carbonyl (C=O) groups excluding carboxylic acids is 3. The zero-order chi connectivity index (χ0) is 20.4. The monoisotopic (exact) mass is 392 g/mol. The lowest BCUT2D eigenvalue weighted by molar-refractivity contribution is -0.146. The van der Waals surface area contributed by atoms with Crippen molar-refractivity contribution >= 4 is 17.8 Å². The smallest absolute Gasteiger partial charge is 0.340 e. The van der Waals surface area contributed by atoms with E-state index in [1.807, 2.05) is 25.1 Å². The molecule has 4 rings (SSSR count). The molecule has 0 aromatic heterocycles. The molecule has 2 amide bonds. The molecule has 0 saturated carbocycles. The van der Waals surface area contributed by atoms with Gasteiger partial charge in [0.2, 0.25) is 18.0 Å². The highest BCUT2D eigenvalue weighted by atomic mass is 16.6. The number of carbonyl (C=O) groups is 3. The van der Waals surface area contributed by atoms with Gasteiger partial charge in [-0.25, -0.2) is 4.79 Å². The Morgan fingerprint density at radius 2 is 1.86 bits per heavy atom. The Balaban J connectivity index is 1.43. The maximum absolute atomic E-state index is 12.9. The Bertz CT molecular complexity index is 927. The van der Waals surface area contributed by atoms with E-state index in [9.17, 15) is 14.4 Å². The molecule has 150 valence electrons. The van der Waals surface area contributed by atoms with Crippen LogP contribution in [-0.2, 0) is 20.7 Å². The van der Waals surface area contributed by atoms with E-state index in [-0.39, 0.29) is 24.3 Å². The fraction of sp³-hybridized carbons (Fsp3) is 0.348. The maximum Gasteiger partial charge on any atom is 0.340 e. The van der Waals surface area contributed by atoms with Crippen LogP contribution in [0.25, 0.3) is 0 Å². The molecule has 2 heterocycles. The van der Waals surface area contributed by atoms with Crippen molar-refractivity contribution in [2.75, 3.05) is 0 Å². The van der Waals surface area contributed by atoms with Gasteiger partial charge in [0, 0.05) is 18.0 Å². The van der Waals surface area contributed by atoms with Gasteiger partial charge in [-0.3, -0.25) is 14.5 Å². The van der Waals surface area contributed by atoms with Crippen molar-refractivity contribution in [3.63, 3.8) is 0 Å². The molecule has 2 aliphatic heterocycles. The summed E-state index contributed by atoms with van der Waals surface area (Å²) < 4.78 is 5.46. The predicted octanol–water partition coefficient (Wildman–Crippen LogP) is 2.98. The van der Waals surface area contributed by atoms with Crippen LogP contribution in [0, 0.1) is 0 Å². The number of fused-ring (bicyclic) bond motifs is 1. The first kappa shape index (κ1) is 19.2. The largest absolute Gasteiger partial charge is 0.433 e. The molecule has 0 spiro atoms. The van der Waals surface area contributed by atoms with Crippen molar-refractivity contribution in [3.8, 4) is 0 Å². The third kappa shape index (κ3) is 3.88. The number of hydrogen-bond donors (Lipinski definition) is 1. The van der Waals surface area contributed by atoms with Gasteiger partial charge in [-0.05, 0) is 37.8 Å². The zero-order valence-electron chi connectivity index (χ0n) is 16.3. The highest BCUT2D eigenvalue weighted by Gasteiger charge is 2.46. The molecule has 1 N–H and O–H groups in total. The van der Waals surface area contributed by atoms with Crippen LogP contribution in [0.2, 0.25) is 0 Å². The van der Waals surface area contributed by atoms with Crippen LogP contribution < -0.4 is 5.32 Å². The number of nitrogens with zero attached hydrogens (tertiary/aromatic N) is 1. The maximum atomic E-state index is 12.9. The number of benzene rings is 2. The lowest BCUT2D eigenvalue weighted by atomic mass is 10.1. The summed E-state index contributed by atoms with van der Waals surface area (Å²) in [5, 5.41) is 3.03. The fourth-order valence-electron chi connectivity index (χ4n) is 4.03. The number of hydrogen-bond acceptors (Lipinski definition) is 4. The first-order valence-electron chi connectivity index (χ1n) is 10.00. The molecule has 2 aromatic rings. The SMILES string of the molecule is C[C@@H](CCc1ccccc1)NC(=O)[C@@H]1CCC(=O)N1[C@@H]1OC(=O)c2ccccc21. The van der Waals surface area contributed by atoms with Crippen molar-refractivity contribution in [1.82, 2.24) is 10.2 Å². The van der Waals surface area contributed by atoms with Crippen molar-refractivity contribution < 1.29 is 19.1 Å². The van der Waals surface area contributed by atoms with Gasteiger partial charge in [0.25, 0.3) is 0 Å². The molecular weight excluding hydrogens is 368 g/mol. The second-order valence-corrected chi connectivity index (χ2v) is 7.63. The van der Waals surface area contributed by atoms with E-state index in [4.69, 9.17) is 4.74 Å². The minimum atomic E-state index is -0.830. The third-order valence-electron chi connectivity index (χ3n) is 5.57. The third-order valence-corrected chi connectivity index (χ3v) is 5.57. The van der Waals surface area contributed by atoms with Crippen LogP contribution in [0.3, 0.4) is 0 Å². The normalized spacial score (nSPS) is 21.6. The number of ether oxygens (including phenoxy) is 1. The first-order valence-corrected chi connectivity index (χ1v) is 10.00. The summed E-state index contributed by atoms with van der Waals surface area (Å²) >= 11 is 0. The fourth-order valence-corrected chi connectivity index (χ4v) is 4.03. The number of likely N-dealkylation sites (tertiary alicyclic amines) is 1. The van der Waals surface area contributed by atoms with E-state index in [1.54, 1.807) is 24.3 Å². The van der Waals surface area contributed by atoms with E-state index in [0.717, 1.165) is 12.8 Å². The molecule has 6 heteroatoms. The van der Waals surface area contributed by atoms with Crippen LogP contribution in [0.4, 0.5) is 0 Å². The molecule has 2 aromatic carbocycles. The molecule has 1 fully saturated rings. The van der Waals surface area contributed by atoms with E-state index in [2.05, 4.69) is 17.4 Å². The number of nitrogens with one attached hydrogen (secondary N) is 1. The van der Waals surface area contributed by atoms with Crippen LogP contribution in [0.5, 0.6) is 0 Å². The first-order chi connectivity index (χ1) is 14.0. The minimum Gasteiger partial charge on any atom is -0.433 e. The van der Waals surface area contributed by atoms with E-state index in [1.165, 1.54) is 10.5 Å². The topological polar surface area (TPSA) is 75.7 Å². The van der Waals surface area contributed by atoms with Gasteiger partial charge in [-0.15, -0.1) is 0 Å². The van der Waals surface area contributed by atoms with Crippen molar-refractivity contribution in [2.24, 2.45) is 0 Å². The number of aryl methyl sites for hydroxylation is 1. The molecule has 3 atom stereocenters. The van der Waals surface area contributed by atoms with Gasteiger partial charge in [-0.2, -0.15) is 0 Å². The summed E-state index contributed by atoms with van der Waals surface area (Å²) in [6.07, 6.45) is 1.53. The van der Waals surface area contributed by atoms with Crippen molar-refractivity contribution in [3.05, 3.63) is 71.3 Å². The molecule has 0 radical (unpaired) electrons. The standard InChI is InChI=1S/C23H24N2O4/c1-15(11-12-16-7-3-2-4-8-16)24-21(27)19-13-14-20(26)25(19)22-17-9-5-6-10-18(17)23(28)29-22/h2-10,15,19,22H,11-14H2,1H3,(H,24,27)/t15-,19-,22+/m0/s1. The summed E-state index contributed by atoms with van der Waals surface area (Å²) in [4.78, 5) is 39.1. The van der Waals surface area contributed by atoms with Gasteiger partial charge in [0.05, 0.1) is 5.56 Å². The van der Waals surface area contributed by atoms with Gasteiger partial charge in [-0.1, -0.05) is 48.5 Å². The Hall–Kier alpha value is -3.15. The van der Waals surface area contributed by atoms with Gasteiger partial charge < -0.3 is 10.1 Å². The van der Waals surface area contributed by atoms with Crippen molar-refractivity contribution in [2.45, 2.75) is 50.9 Å². The molecular formula is C23H24N2O4. The summed E-state index contributed by atoms with van der Waals surface area (Å²) in [7, 11) is 0. The predicted molar refractivity (Wildman–Crippen MR) is 107 cm³/mol. The molecule has 6 nitrogen and oxygen atoms in total. The number of cyclic esters (lactones) is 1. The van der Waals surface area contributed by atoms with E-state index < -0.39 is 18.2 Å². The summed E-state index contributed by atoms with van der Waals surface area (Å²) in [6.45, 7) is 1.97. The number of amides is 2. The summed E-state index contributed by atoms with van der Waals surface area (Å²) in [6, 6.07) is 16.5. The molecule has 1 saturated heterocycles. The Morgan fingerprint density at radius 3 is 2.66 bits per heavy atom. The van der Waals surface area contributed by atoms with Crippen LogP contribution >= 0.6 is 0 Å². The van der Waals surface area contributed by atoms with Gasteiger partial charge >= 0.3 is 5.97 Å². The van der Waals surface area contributed by atoms with E-state index >= 15 is 0 Å². The van der Waals surface area contributed by atoms with E-state index in [0.29, 0.717) is 17.5 Å². The second kappa shape index (κ2) is 8.07. The molecule has 0 bridgehead atoms.